The van der Waals surface area contributed by atoms with Crippen LogP contribution in [0.5, 0.6) is 23.0 Å². The van der Waals surface area contributed by atoms with Gasteiger partial charge in [0.2, 0.25) is 0 Å². The van der Waals surface area contributed by atoms with Crippen LogP contribution in [-0.4, -0.2) is 64.9 Å². The van der Waals surface area contributed by atoms with Gasteiger partial charge in [-0.15, -0.1) is 0 Å². The van der Waals surface area contributed by atoms with Gasteiger partial charge in [0.05, 0.1) is 36.6 Å². The Hall–Kier alpha value is -3.64. The second-order valence-corrected chi connectivity index (χ2v) is 11.0. The van der Waals surface area contributed by atoms with Gasteiger partial charge in [0.15, 0.2) is 23.1 Å². The molecule has 1 aliphatic heterocycles. The molecule has 0 amide bonds. The third-order valence-electron chi connectivity index (χ3n) is 6.29. The van der Waals surface area contributed by atoms with E-state index < -0.39 is 15.8 Å². The van der Waals surface area contributed by atoms with Crippen molar-refractivity contribution in [2.45, 2.75) is 4.90 Å². The minimum Gasteiger partial charge on any atom is -0.493 e. The van der Waals surface area contributed by atoms with Crippen LogP contribution < -0.4 is 18.9 Å². The molecule has 0 spiro atoms. The summed E-state index contributed by atoms with van der Waals surface area (Å²) in [6.45, 7) is 4.39. The van der Waals surface area contributed by atoms with Crippen molar-refractivity contribution in [3.05, 3.63) is 77.7 Å². The van der Waals surface area contributed by atoms with E-state index in [2.05, 4.69) is 14.6 Å². The number of anilines is 1. The predicted molar refractivity (Wildman–Crippen MR) is 150 cm³/mol. The van der Waals surface area contributed by atoms with Crippen LogP contribution in [0.15, 0.2) is 71.8 Å². The van der Waals surface area contributed by atoms with Crippen molar-refractivity contribution in [1.29, 1.82) is 0 Å². The molecule has 1 aliphatic rings. The Bertz CT molecular complexity index is 1620. The van der Waals surface area contributed by atoms with Crippen molar-refractivity contribution in [2.24, 2.45) is 0 Å². The van der Waals surface area contributed by atoms with Crippen molar-refractivity contribution in [2.75, 3.05) is 51.3 Å². The first-order valence-electron chi connectivity index (χ1n) is 12.5. The van der Waals surface area contributed by atoms with Gasteiger partial charge >= 0.3 is 0 Å². The van der Waals surface area contributed by atoms with E-state index >= 15 is 4.39 Å². The van der Waals surface area contributed by atoms with Crippen LogP contribution in [0.4, 0.5) is 10.1 Å². The number of methoxy groups -OCH3 is 1. The molecule has 0 atom stereocenters. The van der Waals surface area contributed by atoms with Crippen molar-refractivity contribution in [3.63, 3.8) is 0 Å². The quantitative estimate of drug-likeness (QED) is 0.265. The van der Waals surface area contributed by atoms with Crippen LogP contribution in [-0.2, 0) is 14.8 Å². The molecule has 1 aromatic heterocycles. The third kappa shape index (κ3) is 6.39. The Morgan fingerprint density at radius 3 is 2.58 bits per heavy atom. The second kappa shape index (κ2) is 12.3. The molecule has 0 unspecified atom stereocenters. The number of nitrogens with zero attached hydrogens (tertiary/aromatic N) is 2. The summed E-state index contributed by atoms with van der Waals surface area (Å²) in [4.78, 5) is 6.56. The monoisotopic (exact) mass is 587 g/mol. The third-order valence-corrected chi connectivity index (χ3v) is 8.17. The fourth-order valence-electron chi connectivity index (χ4n) is 4.24. The first-order valence-corrected chi connectivity index (χ1v) is 14.3. The summed E-state index contributed by atoms with van der Waals surface area (Å²) in [5.41, 5.74) is 0.592. The van der Waals surface area contributed by atoms with Crippen molar-refractivity contribution in [3.8, 4) is 23.0 Å². The van der Waals surface area contributed by atoms with Gasteiger partial charge in [0, 0.05) is 43.4 Å². The molecule has 0 saturated carbocycles. The molecule has 1 N–H and O–H groups in total. The topological polar surface area (TPSA) is 99.2 Å². The highest BCUT2D eigenvalue weighted by Crippen LogP contribution is 2.38. The molecule has 40 heavy (non-hydrogen) atoms. The molecular formula is C28H27ClFN3O6S. The number of hydrogen-bond acceptors (Lipinski definition) is 8. The van der Waals surface area contributed by atoms with Crippen LogP contribution >= 0.6 is 11.6 Å². The number of nitrogens with one attached hydrogen (secondary N) is 1. The zero-order chi connectivity index (χ0) is 28.1. The van der Waals surface area contributed by atoms with Gasteiger partial charge in [-0.2, -0.15) is 0 Å². The molecule has 5 rings (SSSR count). The fourth-order valence-corrected chi connectivity index (χ4v) is 5.81. The van der Waals surface area contributed by atoms with Crippen LogP contribution in [0.2, 0.25) is 5.02 Å². The number of morpholine rings is 1. The Morgan fingerprint density at radius 2 is 1.82 bits per heavy atom. The average Bonchev–Trinajstić information content (AvgIpc) is 2.95. The van der Waals surface area contributed by atoms with E-state index in [-0.39, 0.29) is 21.4 Å². The molecular weight excluding hydrogens is 561 g/mol. The summed E-state index contributed by atoms with van der Waals surface area (Å²) in [7, 11) is -2.48. The summed E-state index contributed by atoms with van der Waals surface area (Å²) in [5, 5.41) is 0.642. The predicted octanol–water partition coefficient (Wildman–Crippen LogP) is 5.34. The van der Waals surface area contributed by atoms with Gasteiger partial charge in [-0.25, -0.2) is 12.8 Å². The lowest BCUT2D eigenvalue weighted by Crippen LogP contribution is -2.38. The summed E-state index contributed by atoms with van der Waals surface area (Å²) < 4.78 is 65.6. The number of hydrogen-bond donors (Lipinski definition) is 1. The molecule has 0 radical (unpaired) electrons. The summed E-state index contributed by atoms with van der Waals surface area (Å²) in [6, 6.07) is 14.9. The molecule has 3 aromatic carbocycles. The lowest BCUT2D eigenvalue weighted by Gasteiger charge is -2.26. The van der Waals surface area contributed by atoms with E-state index in [1.807, 2.05) is 0 Å². The Labute approximate surface area is 236 Å². The van der Waals surface area contributed by atoms with E-state index in [1.165, 1.54) is 31.4 Å². The fraction of sp³-hybridized carbons (Fsp3) is 0.250. The van der Waals surface area contributed by atoms with Crippen LogP contribution in [0.25, 0.3) is 10.9 Å². The van der Waals surface area contributed by atoms with E-state index in [9.17, 15) is 8.42 Å². The lowest BCUT2D eigenvalue weighted by molar-refractivity contribution is 0.0321. The Balaban J connectivity index is 1.33. The molecule has 1 fully saturated rings. The number of pyridine rings is 1. The number of ether oxygens (including phenoxy) is 4. The van der Waals surface area contributed by atoms with Crippen molar-refractivity contribution >= 4 is 38.2 Å². The number of halogens is 2. The van der Waals surface area contributed by atoms with E-state index in [0.717, 1.165) is 25.7 Å². The Kier molecular flexibility index (Phi) is 8.55. The highest BCUT2D eigenvalue weighted by Gasteiger charge is 2.19. The first-order chi connectivity index (χ1) is 19.3. The number of rotatable bonds is 10. The SMILES string of the molecule is COc1cc2c(Oc3ccc(NS(=O)(=O)c4ccccc4Cl)cc3F)ccnc2cc1OCCN1CCOCC1. The molecule has 12 heteroatoms. The molecule has 0 aliphatic carbocycles. The van der Waals surface area contributed by atoms with Gasteiger partial charge < -0.3 is 18.9 Å². The highest BCUT2D eigenvalue weighted by molar-refractivity contribution is 7.92. The normalized spacial score (nSPS) is 14.2. The maximum atomic E-state index is 15.0. The maximum Gasteiger partial charge on any atom is 0.263 e. The summed E-state index contributed by atoms with van der Waals surface area (Å²) >= 11 is 6.02. The van der Waals surface area contributed by atoms with Gasteiger partial charge in [-0.1, -0.05) is 23.7 Å². The molecule has 9 nitrogen and oxygen atoms in total. The number of sulfonamides is 1. The van der Waals surface area contributed by atoms with Gasteiger partial charge in [-0.05, 0) is 36.4 Å². The molecule has 2 heterocycles. The van der Waals surface area contributed by atoms with Gasteiger partial charge in [0.25, 0.3) is 10.0 Å². The molecule has 4 aromatic rings. The average molecular weight is 588 g/mol. The number of aromatic nitrogens is 1. The zero-order valence-corrected chi connectivity index (χ0v) is 23.2. The van der Waals surface area contributed by atoms with E-state index in [4.69, 9.17) is 30.5 Å². The summed E-state index contributed by atoms with van der Waals surface area (Å²) in [5.74, 6) is 0.496. The van der Waals surface area contributed by atoms with Gasteiger partial charge in [-0.3, -0.25) is 14.6 Å². The highest BCUT2D eigenvalue weighted by atomic mass is 35.5. The molecule has 0 bridgehead atoms. The standard InChI is InChI=1S/C28H27ClFN3O6S/c1-36-26-17-20-23(18-27(26)38-15-12-33-10-13-37-14-11-33)31-9-8-24(20)39-25-7-6-19(16-22(25)30)32-40(34,35)28-5-3-2-4-21(28)29/h2-9,16-18,32H,10-15H2,1H3. The minimum atomic E-state index is -4.02. The van der Waals surface area contributed by atoms with Crippen LogP contribution in [0.3, 0.4) is 0 Å². The Morgan fingerprint density at radius 1 is 1.02 bits per heavy atom. The summed E-state index contributed by atoms with van der Waals surface area (Å²) in [6.07, 6.45) is 1.55. The zero-order valence-electron chi connectivity index (χ0n) is 21.6. The molecule has 210 valence electrons. The van der Waals surface area contributed by atoms with E-state index in [0.29, 0.717) is 48.0 Å². The molecule has 1 saturated heterocycles. The minimum absolute atomic E-state index is 0.0184. The first kappa shape index (κ1) is 27.9. The number of benzene rings is 3. The largest absolute Gasteiger partial charge is 0.493 e. The van der Waals surface area contributed by atoms with Crippen molar-refractivity contribution < 1.29 is 31.8 Å². The van der Waals surface area contributed by atoms with E-state index in [1.54, 1.807) is 36.5 Å². The number of fused-ring (bicyclic) bond motifs is 1. The van der Waals surface area contributed by atoms with Gasteiger partial charge in [0.1, 0.15) is 17.3 Å². The van der Waals surface area contributed by atoms with Crippen LogP contribution in [0, 0.1) is 5.82 Å². The second-order valence-electron chi connectivity index (χ2n) is 8.91. The van der Waals surface area contributed by atoms with Crippen LogP contribution in [0.1, 0.15) is 0 Å². The maximum absolute atomic E-state index is 15.0. The van der Waals surface area contributed by atoms with Crippen molar-refractivity contribution in [1.82, 2.24) is 9.88 Å². The smallest absolute Gasteiger partial charge is 0.263 e. The lowest BCUT2D eigenvalue weighted by atomic mass is 10.1.